The number of aliphatic hydroxyl groups excluding tert-OH is 1. The van der Waals surface area contributed by atoms with Gasteiger partial charge in [0.15, 0.2) is 0 Å². The fourth-order valence-corrected chi connectivity index (χ4v) is 2.64. The Labute approximate surface area is 119 Å². The van der Waals surface area contributed by atoms with Crippen molar-refractivity contribution in [3.05, 3.63) is 23.8 Å². The molecule has 0 aromatic heterocycles. The van der Waals surface area contributed by atoms with Gasteiger partial charge in [-0.05, 0) is 49.8 Å². The monoisotopic (exact) mass is 277 g/mol. The van der Waals surface area contributed by atoms with E-state index in [2.05, 4.69) is 10.6 Å². The summed E-state index contributed by atoms with van der Waals surface area (Å²) < 4.78 is 0. The molecule has 20 heavy (non-hydrogen) atoms. The van der Waals surface area contributed by atoms with Gasteiger partial charge in [-0.3, -0.25) is 4.79 Å². The van der Waals surface area contributed by atoms with Crippen LogP contribution in [0.25, 0.3) is 0 Å². The van der Waals surface area contributed by atoms with E-state index in [1.807, 2.05) is 0 Å². The second-order valence-electron chi connectivity index (χ2n) is 5.44. The fraction of sp³-hybridized carbons (Fsp3) is 0.533. The Hall–Kier alpha value is -1.75. The van der Waals surface area contributed by atoms with Crippen molar-refractivity contribution in [1.29, 1.82) is 0 Å². The number of aliphatic hydroxyl groups is 1. The summed E-state index contributed by atoms with van der Waals surface area (Å²) in [5.74, 6) is 0.420. The predicted octanol–water partition coefficient (Wildman–Crippen LogP) is 1.59. The molecule has 5 heteroatoms. The zero-order valence-electron chi connectivity index (χ0n) is 11.9. The van der Waals surface area contributed by atoms with Crippen molar-refractivity contribution >= 4 is 17.3 Å². The molecule has 1 aliphatic carbocycles. The highest BCUT2D eigenvalue weighted by Gasteiger charge is 2.19. The van der Waals surface area contributed by atoms with Crippen LogP contribution in [-0.4, -0.2) is 30.7 Å². The zero-order valence-corrected chi connectivity index (χ0v) is 11.9. The molecule has 1 amide bonds. The number of nitrogen functional groups attached to an aromatic ring is 1. The van der Waals surface area contributed by atoms with Gasteiger partial charge in [0, 0.05) is 25.0 Å². The van der Waals surface area contributed by atoms with E-state index in [1.54, 1.807) is 25.2 Å². The molecule has 1 fully saturated rings. The van der Waals surface area contributed by atoms with E-state index in [-0.39, 0.29) is 12.0 Å². The van der Waals surface area contributed by atoms with Crippen LogP contribution in [-0.2, 0) is 0 Å². The minimum atomic E-state index is -0.139. The molecule has 110 valence electrons. The molecule has 0 heterocycles. The van der Waals surface area contributed by atoms with Crippen LogP contribution in [0.5, 0.6) is 0 Å². The van der Waals surface area contributed by atoms with E-state index in [0.29, 0.717) is 17.2 Å². The summed E-state index contributed by atoms with van der Waals surface area (Å²) in [6.45, 7) is 0.806. The molecule has 1 aromatic carbocycles. The van der Waals surface area contributed by atoms with Crippen LogP contribution in [0.4, 0.5) is 11.4 Å². The van der Waals surface area contributed by atoms with Crippen molar-refractivity contribution in [2.24, 2.45) is 5.92 Å². The Morgan fingerprint density at radius 1 is 1.35 bits per heavy atom. The van der Waals surface area contributed by atoms with Crippen LogP contribution >= 0.6 is 0 Å². The number of anilines is 2. The molecule has 0 radical (unpaired) electrons. The lowest BCUT2D eigenvalue weighted by Gasteiger charge is -2.26. The molecule has 1 aliphatic rings. The molecule has 0 atom stereocenters. The van der Waals surface area contributed by atoms with Crippen LogP contribution in [0.1, 0.15) is 36.0 Å². The van der Waals surface area contributed by atoms with E-state index in [4.69, 9.17) is 5.73 Å². The minimum Gasteiger partial charge on any atom is -0.399 e. The molecule has 1 saturated carbocycles. The Balaban J connectivity index is 2.01. The number of benzene rings is 1. The van der Waals surface area contributed by atoms with Crippen molar-refractivity contribution in [2.45, 2.75) is 31.8 Å². The maximum atomic E-state index is 11.8. The summed E-state index contributed by atoms with van der Waals surface area (Å²) in [6, 6.07) is 5.26. The Morgan fingerprint density at radius 3 is 2.70 bits per heavy atom. The Kier molecular flexibility index (Phi) is 4.84. The van der Waals surface area contributed by atoms with Gasteiger partial charge in [-0.2, -0.15) is 0 Å². The van der Waals surface area contributed by atoms with Gasteiger partial charge in [-0.1, -0.05) is 0 Å². The molecule has 0 aliphatic heterocycles. The lowest BCUT2D eigenvalue weighted by Crippen LogP contribution is -2.25. The average molecular weight is 277 g/mol. The van der Waals surface area contributed by atoms with Gasteiger partial charge in [0.05, 0.1) is 11.7 Å². The predicted molar refractivity (Wildman–Crippen MR) is 80.7 cm³/mol. The summed E-state index contributed by atoms with van der Waals surface area (Å²) >= 11 is 0. The highest BCUT2D eigenvalue weighted by atomic mass is 16.3. The van der Waals surface area contributed by atoms with Gasteiger partial charge in [-0.15, -0.1) is 0 Å². The first-order chi connectivity index (χ1) is 9.60. The number of hydrogen-bond acceptors (Lipinski definition) is 4. The molecule has 5 nitrogen and oxygen atoms in total. The van der Waals surface area contributed by atoms with E-state index in [9.17, 15) is 9.90 Å². The maximum Gasteiger partial charge on any atom is 0.253 e. The summed E-state index contributed by atoms with van der Waals surface area (Å²) in [5.41, 5.74) is 7.81. The lowest BCUT2D eigenvalue weighted by atomic mass is 9.87. The summed E-state index contributed by atoms with van der Waals surface area (Å²) in [4.78, 5) is 11.8. The lowest BCUT2D eigenvalue weighted by molar-refractivity contribution is 0.0964. The largest absolute Gasteiger partial charge is 0.399 e. The number of carbonyl (C=O) groups is 1. The van der Waals surface area contributed by atoms with E-state index >= 15 is 0 Å². The van der Waals surface area contributed by atoms with Gasteiger partial charge in [0.1, 0.15) is 0 Å². The first-order valence-corrected chi connectivity index (χ1v) is 7.13. The standard InChI is InChI=1S/C15H23N3O2/c1-17-15(20)13-7-4-11(16)8-14(13)18-9-10-2-5-12(19)6-3-10/h4,7-8,10,12,18-19H,2-3,5-6,9,16H2,1H3,(H,17,20). The number of carbonyl (C=O) groups excluding carboxylic acids is 1. The Bertz CT molecular complexity index is 468. The highest BCUT2D eigenvalue weighted by molar-refractivity contribution is 6.00. The number of nitrogens with one attached hydrogen (secondary N) is 2. The molecular weight excluding hydrogens is 254 g/mol. The second kappa shape index (κ2) is 6.61. The van der Waals surface area contributed by atoms with Crippen LogP contribution in [0.3, 0.4) is 0 Å². The summed E-state index contributed by atoms with van der Waals surface area (Å²) in [7, 11) is 1.62. The number of hydrogen-bond donors (Lipinski definition) is 4. The van der Waals surface area contributed by atoms with Gasteiger partial charge in [-0.25, -0.2) is 0 Å². The third kappa shape index (κ3) is 3.63. The topological polar surface area (TPSA) is 87.4 Å². The van der Waals surface area contributed by atoms with E-state index in [0.717, 1.165) is 37.9 Å². The fourth-order valence-electron chi connectivity index (χ4n) is 2.64. The minimum absolute atomic E-state index is 0.119. The van der Waals surface area contributed by atoms with E-state index in [1.165, 1.54) is 0 Å². The molecule has 2 rings (SSSR count). The molecule has 5 N–H and O–H groups in total. The molecule has 1 aromatic rings. The molecule has 0 unspecified atom stereocenters. The van der Waals surface area contributed by atoms with Crippen LogP contribution in [0, 0.1) is 5.92 Å². The van der Waals surface area contributed by atoms with Gasteiger partial charge >= 0.3 is 0 Å². The van der Waals surface area contributed by atoms with Crippen molar-refractivity contribution < 1.29 is 9.90 Å². The van der Waals surface area contributed by atoms with Crippen molar-refractivity contribution in [3.63, 3.8) is 0 Å². The third-order valence-electron chi connectivity index (χ3n) is 3.91. The number of rotatable bonds is 4. The quantitative estimate of drug-likeness (QED) is 0.629. The first kappa shape index (κ1) is 14.7. The first-order valence-electron chi connectivity index (χ1n) is 7.13. The van der Waals surface area contributed by atoms with Crippen LogP contribution in [0.2, 0.25) is 0 Å². The van der Waals surface area contributed by atoms with E-state index < -0.39 is 0 Å². The molecule has 0 spiro atoms. The SMILES string of the molecule is CNC(=O)c1ccc(N)cc1NCC1CCC(O)CC1. The zero-order chi connectivity index (χ0) is 14.5. The number of nitrogens with two attached hydrogens (primary N) is 1. The van der Waals surface area contributed by atoms with Crippen LogP contribution in [0.15, 0.2) is 18.2 Å². The second-order valence-corrected chi connectivity index (χ2v) is 5.44. The maximum absolute atomic E-state index is 11.8. The summed E-state index contributed by atoms with van der Waals surface area (Å²) in [5, 5.41) is 15.5. The van der Waals surface area contributed by atoms with Crippen molar-refractivity contribution in [3.8, 4) is 0 Å². The molecule has 0 bridgehead atoms. The summed E-state index contributed by atoms with van der Waals surface area (Å²) in [6.07, 6.45) is 3.63. The normalized spacial score (nSPS) is 22.3. The smallest absolute Gasteiger partial charge is 0.253 e. The highest BCUT2D eigenvalue weighted by Crippen LogP contribution is 2.26. The third-order valence-corrected chi connectivity index (χ3v) is 3.91. The average Bonchev–Trinajstić information content (AvgIpc) is 2.46. The molecule has 0 saturated heterocycles. The van der Waals surface area contributed by atoms with Gasteiger partial charge in [0.2, 0.25) is 0 Å². The Morgan fingerprint density at radius 2 is 2.05 bits per heavy atom. The van der Waals surface area contributed by atoms with Crippen molar-refractivity contribution in [1.82, 2.24) is 5.32 Å². The van der Waals surface area contributed by atoms with Crippen molar-refractivity contribution in [2.75, 3.05) is 24.6 Å². The van der Waals surface area contributed by atoms with Crippen LogP contribution < -0.4 is 16.4 Å². The molecular formula is C15H23N3O2. The van der Waals surface area contributed by atoms with Gasteiger partial charge in [0.25, 0.3) is 5.91 Å². The number of amides is 1. The van der Waals surface area contributed by atoms with Gasteiger partial charge < -0.3 is 21.5 Å².